The van der Waals surface area contributed by atoms with Crippen LogP contribution in [0.15, 0.2) is 30.3 Å². The normalized spacial score (nSPS) is 13.1. The number of rotatable bonds is 7. The maximum atomic E-state index is 11.8. The molecule has 0 heterocycles. The van der Waals surface area contributed by atoms with Crippen LogP contribution in [0.3, 0.4) is 0 Å². The molecule has 0 aliphatic rings. The average Bonchev–Trinajstić information content (AvgIpc) is 2.45. The lowest BCUT2D eigenvalue weighted by Crippen LogP contribution is -2.54. The smallest absolute Gasteiger partial charge is 0.249 e. The Bertz CT molecular complexity index is 390. The quantitative estimate of drug-likeness (QED) is 0.670. The Hall–Kier alpha value is -1.43. The molecule has 5 heteroatoms. The largest absolute Gasteiger partial charge is 0.394 e. The molecular weight excluding hydrogens is 246 g/mol. The Morgan fingerprint density at radius 2 is 1.89 bits per heavy atom. The van der Waals surface area contributed by atoms with Gasteiger partial charge in [0.15, 0.2) is 0 Å². The van der Waals surface area contributed by atoms with Crippen LogP contribution in [-0.4, -0.2) is 41.0 Å². The molecule has 3 N–H and O–H groups in total. The number of hydrogen-bond donors (Lipinski definition) is 3. The number of aliphatic hydroxyl groups excluding tert-OH is 2. The van der Waals surface area contributed by atoms with E-state index >= 15 is 0 Å². The van der Waals surface area contributed by atoms with E-state index in [0.29, 0.717) is 6.61 Å². The highest BCUT2D eigenvalue weighted by Gasteiger charge is 2.27. The topological polar surface area (TPSA) is 78.8 Å². The second kappa shape index (κ2) is 7.23. The van der Waals surface area contributed by atoms with Crippen molar-refractivity contribution in [3.05, 3.63) is 35.9 Å². The van der Waals surface area contributed by atoms with E-state index in [4.69, 9.17) is 14.9 Å². The molecule has 5 nitrogen and oxygen atoms in total. The summed E-state index contributed by atoms with van der Waals surface area (Å²) in [5.74, 6) is -0.360. The molecule has 1 rings (SSSR count). The second-order valence-electron chi connectivity index (χ2n) is 4.80. The molecule has 1 aromatic carbocycles. The minimum Gasteiger partial charge on any atom is -0.394 e. The van der Waals surface area contributed by atoms with Gasteiger partial charge in [-0.1, -0.05) is 30.3 Å². The third kappa shape index (κ3) is 4.98. The number of hydrogen-bond acceptors (Lipinski definition) is 4. The summed E-state index contributed by atoms with van der Waals surface area (Å²) < 4.78 is 5.45. The molecule has 0 spiro atoms. The number of carbonyl (C=O) groups is 1. The Kier molecular flexibility index (Phi) is 5.95. The first-order valence-corrected chi connectivity index (χ1v) is 6.20. The fraction of sp³-hybridized carbons (Fsp3) is 0.500. The summed E-state index contributed by atoms with van der Waals surface area (Å²) in [5.41, 5.74) is -0.0456. The van der Waals surface area contributed by atoms with Gasteiger partial charge in [0.1, 0.15) is 6.10 Å². The molecule has 0 aromatic heterocycles. The highest BCUT2D eigenvalue weighted by Crippen LogP contribution is 2.06. The van der Waals surface area contributed by atoms with Gasteiger partial charge in [-0.15, -0.1) is 0 Å². The minimum atomic E-state index is -1.03. The lowest BCUT2D eigenvalue weighted by Gasteiger charge is -2.27. The summed E-state index contributed by atoms with van der Waals surface area (Å²) in [5, 5.41) is 20.8. The van der Waals surface area contributed by atoms with Crippen LogP contribution in [0.5, 0.6) is 0 Å². The van der Waals surface area contributed by atoms with Crippen molar-refractivity contribution in [2.75, 3.05) is 13.2 Å². The van der Waals surface area contributed by atoms with Gasteiger partial charge in [0.2, 0.25) is 5.91 Å². The molecule has 0 saturated heterocycles. The van der Waals surface area contributed by atoms with Crippen molar-refractivity contribution < 1.29 is 19.7 Å². The van der Waals surface area contributed by atoms with Gasteiger partial charge in [-0.2, -0.15) is 0 Å². The van der Waals surface area contributed by atoms with Crippen LogP contribution in [0.2, 0.25) is 0 Å². The van der Waals surface area contributed by atoms with E-state index in [0.717, 1.165) is 5.56 Å². The zero-order valence-corrected chi connectivity index (χ0v) is 11.3. The van der Waals surface area contributed by atoms with Crippen molar-refractivity contribution in [3.8, 4) is 0 Å². The number of carbonyl (C=O) groups excluding carboxylic acids is 1. The van der Waals surface area contributed by atoms with Gasteiger partial charge in [-0.3, -0.25) is 4.79 Å². The van der Waals surface area contributed by atoms with E-state index < -0.39 is 11.6 Å². The summed E-state index contributed by atoms with van der Waals surface area (Å²) in [4.78, 5) is 11.8. The maximum absolute atomic E-state index is 11.8. The lowest BCUT2D eigenvalue weighted by atomic mass is 10.1. The summed E-state index contributed by atoms with van der Waals surface area (Å²) in [6.45, 7) is 2.87. The van der Waals surface area contributed by atoms with Crippen molar-refractivity contribution in [3.63, 3.8) is 0 Å². The summed E-state index contributed by atoms with van der Waals surface area (Å²) in [6, 6.07) is 9.54. The molecule has 1 amide bonds. The molecule has 19 heavy (non-hydrogen) atoms. The minimum absolute atomic E-state index is 0.333. The highest BCUT2D eigenvalue weighted by molar-refractivity contribution is 5.81. The van der Waals surface area contributed by atoms with Crippen molar-refractivity contribution in [2.45, 2.75) is 32.1 Å². The Labute approximate surface area is 113 Å². The number of benzene rings is 1. The number of ether oxygens (including phenoxy) is 1. The maximum Gasteiger partial charge on any atom is 0.249 e. The fourth-order valence-electron chi connectivity index (χ4n) is 1.40. The van der Waals surface area contributed by atoms with Crippen LogP contribution in [0, 0.1) is 0 Å². The molecule has 0 aliphatic carbocycles. The molecular formula is C14H21NO4. The van der Waals surface area contributed by atoms with Crippen LogP contribution in [-0.2, 0) is 16.1 Å². The van der Waals surface area contributed by atoms with Crippen molar-refractivity contribution in [1.29, 1.82) is 0 Å². The molecule has 1 aromatic rings. The van der Waals surface area contributed by atoms with Crippen LogP contribution in [0.25, 0.3) is 0 Å². The highest BCUT2D eigenvalue weighted by atomic mass is 16.5. The molecule has 1 atom stereocenters. The van der Waals surface area contributed by atoms with Gasteiger partial charge >= 0.3 is 0 Å². The molecule has 1 unspecified atom stereocenters. The second-order valence-corrected chi connectivity index (χ2v) is 4.80. The van der Waals surface area contributed by atoms with E-state index in [1.165, 1.54) is 0 Å². The standard InChI is InChI=1S/C14H21NO4/c1-11(13(18)15-14(2,9-16)10-17)19-8-12-6-4-3-5-7-12/h3-7,11,16-17H,8-10H2,1-2H3,(H,15,18). The van der Waals surface area contributed by atoms with Gasteiger partial charge in [0.05, 0.1) is 25.4 Å². The first-order chi connectivity index (χ1) is 9.00. The van der Waals surface area contributed by atoms with Gasteiger partial charge in [-0.25, -0.2) is 0 Å². The average molecular weight is 267 g/mol. The third-order valence-corrected chi connectivity index (χ3v) is 2.83. The first-order valence-electron chi connectivity index (χ1n) is 6.20. The van der Waals surface area contributed by atoms with E-state index in [1.807, 2.05) is 30.3 Å². The third-order valence-electron chi connectivity index (χ3n) is 2.83. The van der Waals surface area contributed by atoms with Crippen LogP contribution < -0.4 is 5.32 Å². The SMILES string of the molecule is CC(OCc1ccccc1)C(=O)NC(C)(CO)CO. The van der Waals surface area contributed by atoms with Crippen molar-refractivity contribution in [1.82, 2.24) is 5.32 Å². The monoisotopic (exact) mass is 267 g/mol. The molecule has 0 fully saturated rings. The zero-order chi connectivity index (χ0) is 14.3. The lowest BCUT2D eigenvalue weighted by molar-refractivity contribution is -0.135. The first kappa shape index (κ1) is 15.6. The molecule has 0 saturated carbocycles. The molecule has 106 valence electrons. The van der Waals surface area contributed by atoms with E-state index in [2.05, 4.69) is 5.32 Å². The van der Waals surface area contributed by atoms with E-state index in [1.54, 1.807) is 13.8 Å². The number of amides is 1. The van der Waals surface area contributed by atoms with Gasteiger partial charge < -0.3 is 20.3 Å². The van der Waals surface area contributed by atoms with Crippen molar-refractivity contribution in [2.24, 2.45) is 0 Å². The van der Waals surface area contributed by atoms with Crippen LogP contribution >= 0.6 is 0 Å². The van der Waals surface area contributed by atoms with Gasteiger partial charge in [-0.05, 0) is 19.4 Å². The summed E-state index contributed by atoms with van der Waals surface area (Å²) in [6.07, 6.45) is -0.655. The van der Waals surface area contributed by atoms with E-state index in [9.17, 15) is 4.79 Å². The summed E-state index contributed by atoms with van der Waals surface area (Å²) in [7, 11) is 0. The fourth-order valence-corrected chi connectivity index (χ4v) is 1.40. The summed E-state index contributed by atoms with van der Waals surface area (Å²) >= 11 is 0. The van der Waals surface area contributed by atoms with E-state index in [-0.39, 0.29) is 19.1 Å². The van der Waals surface area contributed by atoms with Gasteiger partial charge in [0, 0.05) is 0 Å². The molecule has 0 radical (unpaired) electrons. The number of aliphatic hydroxyl groups is 2. The Morgan fingerprint density at radius 3 is 2.42 bits per heavy atom. The van der Waals surface area contributed by atoms with Gasteiger partial charge in [0.25, 0.3) is 0 Å². The zero-order valence-electron chi connectivity index (χ0n) is 11.3. The number of nitrogens with one attached hydrogen (secondary N) is 1. The Morgan fingerprint density at radius 1 is 1.32 bits per heavy atom. The molecule has 0 bridgehead atoms. The van der Waals surface area contributed by atoms with Crippen LogP contribution in [0.4, 0.5) is 0 Å². The van der Waals surface area contributed by atoms with Crippen LogP contribution in [0.1, 0.15) is 19.4 Å². The molecule has 0 aliphatic heterocycles. The predicted octanol–water partition coefficient (Wildman–Crippen LogP) is 0.451. The predicted molar refractivity (Wildman–Crippen MR) is 71.4 cm³/mol. The van der Waals surface area contributed by atoms with Crippen molar-refractivity contribution >= 4 is 5.91 Å². The Balaban J connectivity index is 2.45.